The van der Waals surface area contributed by atoms with Gasteiger partial charge in [-0.3, -0.25) is 9.79 Å². The van der Waals surface area contributed by atoms with Crippen molar-refractivity contribution in [3.8, 4) is 0 Å². The number of esters is 1. The molecule has 0 saturated heterocycles. The third-order valence-electron chi connectivity index (χ3n) is 5.38. The van der Waals surface area contributed by atoms with Gasteiger partial charge in [-0.25, -0.2) is 0 Å². The Morgan fingerprint density at radius 2 is 1.75 bits per heavy atom. The number of carbonyl (C=O) groups is 1. The molecule has 1 saturated carbocycles. The molecule has 6 nitrogen and oxygen atoms in total. The number of nitrogens with one attached hydrogen (secondary N) is 2. The Balaban J connectivity index is 2.14. The number of carbonyl (C=O) groups excluding carboxylic acids is 1. The van der Waals surface area contributed by atoms with E-state index in [9.17, 15) is 4.79 Å². The molecule has 0 aromatic carbocycles. The van der Waals surface area contributed by atoms with Crippen LogP contribution in [0.1, 0.15) is 85.0 Å². The van der Waals surface area contributed by atoms with Crippen LogP contribution in [-0.4, -0.2) is 51.4 Å². The number of nitrogens with zero attached hydrogens (tertiary/aromatic N) is 1. The van der Waals surface area contributed by atoms with Gasteiger partial charge in [0.05, 0.1) is 0 Å². The van der Waals surface area contributed by atoms with Crippen LogP contribution in [0.5, 0.6) is 0 Å². The first-order chi connectivity index (χ1) is 13.3. The van der Waals surface area contributed by atoms with E-state index in [4.69, 9.17) is 9.47 Å². The molecule has 0 amide bonds. The van der Waals surface area contributed by atoms with E-state index in [0.717, 1.165) is 57.8 Å². The fourth-order valence-electron chi connectivity index (χ4n) is 3.80. The van der Waals surface area contributed by atoms with E-state index in [1.807, 2.05) is 27.8 Å². The Bertz CT molecular complexity index is 466. The van der Waals surface area contributed by atoms with E-state index in [1.165, 1.54) is 25.7 Å². The van der Waals surface area contributed by atoms with Crippen molar-refractivity contribution in [2.24, 2.45) is 10.4 Å². The molecule has 0 atom stereocenters. The van der Waals surface area contributed by atoms with Gasteiger partial charge in [-0.15, -0.1) is 0 Å². The first-order valence-electron chi connectivity index (χ1n) is 11.0. The van der Waals surface area contributed by atoms with E-state index in [2.05, 4.69) is 15.6 Å². The Labute approximate surface area is 172 Å². The zero-order valence-electron chi connectivity index (χ0n) is 18.9. The number of hydrogen-bond donors (Lipinski definition) is 2. The molecular formula is C22H43N3O3. The molecule has 164 valence electrons. The Morgan fingerprint density at radius 3 is 2.36 bits per heavy atom. The number of unbranched alkanes of at least 4 members (excludes halogenated alkanes) is 3. The van der Waals surface area contributed by atoms with Gasteiger partial charge in [-0.2, -0.15) is 0 Å². The second kappa shape index (κ2) is 13.0. The molecule has 1 fully saturated rings. The van der Waals surface area contributed by atoms with Crippen LogP contribution < -0.4 is 10.6 Å². The lowest BCUT2D eigenvalue weighted by Crippen LogP contribution is -2.43. The monoisotopic (exact) mass is 397 g/mol. The van der Waals surface area contributed by atoms with Crippen LogP contribution in [0.4, 0.5) is 0 Å². The average molecular weight is 398 g/mol. The summed E-state index contributed by atoms with van der Waals surface area (Å²) in [6, 6.07) is 0. The number of ether oxygens (including phenoxy) is 2. The van der Waals surface area contributed by atoms with Crippen molar-refractivity contribution in [3.05, 3.63) is 0 Å². The highest BCUT2D eigenvalue weighted by molar-refractivity contribution is 5.79. The Kier molecular flexibility index (Phi) is 11.5. The average Bonchev–Trinajstić information content (AvgIpc) is 3.09. The fourth-order valence-corrected chi connectivity index (χ4v) is 3.80. The minimum atomic E-state index is -0.384. The zero-order valence-corrected chi connectivity index (χ0v) is 18.9. The number of aliphatic imine (C=N–C) groups is 1. The van der Waals surface area contributed by atoms with Gasteiger partial charge in [0.15, 0.2) is 5.96 Å². The van der Waals surface area contributed by atoms with Gasteiger partial charge in [0.2, 0.25) is 0 Å². The maximum atomic E-state index is 11.7. The van der Waals surface area contributed by atoms with Crippen molar-refractivity contribution in [1.29, 1.82) is 0 Å². The number of rotatable bonds is 12. The minimum absolute atomic E-state index is 0.0930. The summed E-state index contributed by atoms with van der Waals surface area (Å²) in [6.07, 6.45) is 10.9. The van der Waals surface area contributed by atoms with E-state index >= 15 is 0 Å². The van der Waals surface area contributed by atoms with E-state index in [1.54, 1.807) is 7.11 Å². The van der Waals surface area contributed by atoms with Crippen molar-refractivity contribution in [3.63, 3.8) is 0 Å². The highest BCUT2D eigenvalue weighted by Crippen LogP contribution is 2.40. The molecule has 0 radical (unpaired) electrons. The van der Waals surface area contributed by atoms with Gasteiger partial charge >= 0.3 is 5.97 Å². The van der Waals surface area contributed by atoms with Crippen LogP contribution in [0, 0.1) is 5.41 Å². The molecule has 28 heavy (non-hydrogen) atoms. The maximum absolute atomic E-state index is 11.7. The standard InChI is InChI=1S/C22H43N3O3/c1-21(2,3)28-19(26)12-8-6-7-11-16-24-20(23-4)25-18-22(15-17-27-5)13-9-10-14-22/h6-18H2,1-5H3,(H2,23,24,25). The third kappa shape index (κ3) is 10.9. The molecular weight excluding hydrogens is 354 g/mol. The molecule has 0 bridgehead atoms. The van der Waals surface area contributed by atoms with Gasteiger partial charge in [0.25, 0.3) is 0 Å². The molecule has 1 aliphatic rings. The summed E-state index contributed by atoms with van der Waals surface area (Å²) < 4.78 is 10.6. The van der Waals surface area contributed by atoms with Crippen LogP contribution in [-0.2, 0) is 14.3 Å². The van der Waals surface area contributed by atoms with Crippen LogP contribution in [0.2, 0.25) is 0 Å². The molecule has 2 N–H and O–H groups in total. The van der Waals surface area contributed by atoms with Crippen LogP contribution in [0.25, 0.3) is 0 Å². The second-order valence-electron chi connectivity index (χ2n) is 9.05. The van der Waals surface area contributed by atoms with E-state index in [-0.39, 0.29) is 11.6 Å². The summed E-state index contributed by atoms with van der Waals surface area (Å²) in [4.78, 5) is 16.0. The molecule has 1 rings (SSSR count). The first kappa shape index (κ1) is 24.7. The van der Waals surface area contributed by atoms with Crippen LogP contribution in [0.3, 0.4) is 0 Å². The van der Waals surface area contributed by atoms with Crippen molar-refractivity contribution >= 4 is 11.9 Å². The van der Waals surface area contributed by atoms with Crippen molar-refractivity contribution in [1.82, 2.24) is 10.6 Å². The molecule has 0 aliphatic heterocycles. The molecule has 0 aromatic rings. The number of methoxy groups -OCH3 is 1. The molecule has 0 unspecified atom stereocenters. The van der Waals surface area contributed by atoms with Gasteiger partial charge < -0.3 is 20.1 Å². The third-order valence-corrected chi connectivity index (χ3v) is 5.38. The summed E-state index contributed by atoms with van der Waals surface area (Å²) in [5.74, 6) is 0.794. The predicted molar refractivity (Wildman–Crippen MR) is 116 cm³/mol. The molecule has 0 spiro atoms. The highest BCUT2D eigenvalue weighted by atomic mass is 16.6. The van der Waals surface area contributed by atoms with Crippen molar-refractivity contribution < 1.29 is 14.3 Å². The largest absolute Gasteiger partial charge is 0.460 e. The lowest BCUT2D eigenvalue weighted by Gasteiger charge is -2.30. The molecule has 1 aliphatic carbocycles. The van der Waals surface area contributed by atoms with Crippen LogP contribution in [0.15, 0.2) is 4.99 Å². The molecule has 0 aromatic heterocycles. The smallest absolute Gasteiger partial charge is 0.306 e. The summed E-state index contributed by atoms with van der Waals surface area (Å²) in [5, 5.41) is 6.94. The van der Waals surface area contributed by atoms with Gasteiger partial charge in [-0.1, -0.05) is 25.7 Å². The molecule has 0 heterocycles. The van der Waals surface area contributed by atoms with E-state index in [0.29, 0.717) is 11.8 Å². The topological polar surface area (TPSA) is 72.0 Å². The lowest BCUT2D eigenvalue weighted by molar-refractivity contribution is -0.154. The maximum Gasteiger partial charge on any atom is 0.306 e. The van der Waals surface area contributed by atoms with Gasteiger partial charge in [0.1, 0.15) is 5.60 Å². The van der Waals surface area contributed by atoms with Gasteiger partial charge in [0, 0.05) is 40.3 Å². The highest BCUT2D eigenvalue weighted by Gasteiger charge is 2.33. The zero-order chi connectivity index (χ0) is 20.9. The fraction of sp³-hybridized carbons (Fsp3) is 0.909. The summed E-state index contributed by atoms with van der Waals surface area (Å²) in [7, 11) is 3.61. The first-order valence-corrected chi connectivity index (χ1v) is 11.0. The summed E-state index contributed by atoms with van der Waals surface area (Å²) >= 11 is 0. The SMILES string of the molecule is CN=C(NCCCCCCC(=O)OC(C)(C)C)NCC1(CCOC)CCCC1. The van der Waals surface area contributed by atoms with Gasteiger partial charge in [-0.05, 0) is 58.3 Å². The van der Waals surface area contributed by atoms with Crippen molar-refractivity contribution in [2.45, 2.75) is 90.6 Å². The van der Waals surface area contributed by atoms with E-state index < -0.39 is 0 Å². The lowest BCUT2D eigenvalue weighted by atomic mass is 9.83. The van der Waals surface area contributed by atoms with Crippen LogP contribution >= 0.6 is 0 Å². The second-order valence-corrected chi connectivity index (χ2v) is 9.05. The van der Waals surface area contributed by atoms with Crippen molar-refractivity contribution in [2.75, 3.05) is 33.9 Å². The predicted octanol–water partition coefficient (Wildman–Crippen LogP) is 4.04. The summed E-state index contributed by atoms with van der Waals surface area (Å²) in [6.45, 7) is 8.41. The number of hydrogen-bond acceptors (Lipinski definition) is 4. The quantitative estimate of drug-likeness (QED) is 0.225. The normalized spacial score (nSPS) is 16.8. The minimum Gasteiger partial charge on any atom is -0.460 e. The Hall–Kier alpha value is -1.30. The Morgan fingerprint density at radius 1 is 1.07 bits per heavy atom. The number of guanidine groups is 1. The molecule has 6 heteroatoms. The summed E-state index contributed by atoms with van der Waals surface area (Å²) in [5.41, 5.74) is -0.0280.